The van der Waals surface area contributed by atoms with E-state index in [-0.39, 0.29) is 30.3 Å². The van der Waals surface area contributed by atoms with Crippen molar-refractivity contribution in [2.24, 2.45) is 0 Å². The second kappa shape index (κ2) is 9.41. The number of H-pyrrole nitrogens is 1. The summed E-state index contributed by atoms with van der Waals surface area (Å²) in [5, 5.41) is 8.65. The zero-order valence-corrected chi connectivity index (χ0v) is 17.0. The molecule has 11 nitrogen and oxygen atoms in total. The fourth-order valence-electron chi connectivity index (χ4n) is 2.74. The Balaban J connectivity index is 1.85. The minimum absolute atomic E-state index is 0.103. The maximum atomic E-state index is 12.7. The number of Topliss-reactive ketones (excluding diaryl/α,β-unsaturated/α-hetero) is 1. The molecule has 0 aliphatic carbocycles. The van der Waals surface area contributed by atoms with E-state index in [4.69, 9.17) is 14.9 Å². The van der Waals surface area contributed by atoms with Crippen LogP contribution in [0.4, 0.5) is 5.82 Å². The van der Waals surface area contributed by atoms with Gasteiger partial charge in [0.1, 0.15) is 11.4 Å². The lowest BCUT2D eigenvalue weighted by atomic mass is 10.2. The normalized spacial score (nSPS) is 11.0. The van der Waals surface area contributed by atoms with Crippen LogP contribution < -0.4 is 17.0 Å². The molecule has 0 saturated heterocycles. The molecular formula is C18H20N6O5S. The van der Waals surface area contributed by atoms with E-state index in [0.29, 0.717) is 23.3 Å². The second-order valence-electron chi connectivity index (χ2n) is 6.06. The molecule has 0 atom stereocenters. The zero-order chi connectivity index (χ0) is 21.7. The SMILES string of the molecule is C=CCn1c(SCC(=O)c2c(N)n(CCOC)c(=O)[nH]c2=O)nnc1-c1ccco1. The fraction of sp³-hybridized carbons (Fsp3) is 0.278. The van der Waals surface area contributed by atoms with Crippen molar-refractivity contribution in [3.05, 3.63) is 57.5 Å². The summed E-state index contributed by atoms with van der Waals surface area (Å²) in [6.07, 6.45) is 3.18. The summed E-state index contributed by atoms with van der Waals surface area (Å²) in [5.74, 6) is 0.130. The number of methoxy groups -OCH3 is 1. The maximum absolute atomic E-state index is 12.7. The van der Waals surface area contributed by atoms with E-state index in [1.54, 1.807) is 22.8 Å². The molecule has 0 amide bonds. The number of nitrogen functional groups attached to an aromatic ring is 1. The summed E-state index contributed by atoms with van der Waals surface area (Å²) in [5.41, 5.74) is 4.13. The summed E-state index contributed by atoms with van der Waals surface area (Å²) < 4.78 is 13.1. The number of rotatable bonds is 10. The van der Waals surface area contributed by atoms with Crippen LogP contribution in [-0.4, -0.2) is 49.6 Å². The molecule has 3 heterocycles. The van der Waals surface area contributed by atoms with Crippen LogP contribution in [0.25, 0.3) is 11.6 Å². The van der Waals surface area contributed by atoms with Crippen LogP contribution in [0.1, 0.15) is 10.4 Å². The molecule has 0 fully saturated rings. The smallest absolute Gasteiger partial charge is 0.330 e. The Hall–Kier alpha value is -3.38. The number of furan rings is 1. The lowest BCUT2D eigenvalue weighted by Crippen LogP contribution is -2.37. The first kappa shape index (κ1) is 21.3. The quantitative estimate of drug-likeness (QED) is 0.269. The van der Waals surface area contributed by atoms with Gasteiger partial charge in [0.25, 0.3) is 5.56 Å². The average molecular weight is 432 g/mol. The number of ketones is 1. The summed E-state index contributed by atoms with van der Waals surface area (Å²) in [7, 11) is 1.46. The average Bonchev–Trinajstić information content (AvgIpc) is 3.36. The van der Waals surface area contributed by atoms with Crippen molar-refractivity contribution in [2.45, 2.75) is 18.2 Å². The van der Waals surface area contributed by atoms with Gasteiger partial charge < -0.3 is 14.9 Å². The molecule has 0 saturated carbocycles. The van der Waals surface area contributed by atoms with Gasteiger partial charge in [-0.05, 0) is 12.1 Å². The Morgan fingerprint density at radius 1 is 1.40 bits per heavy atom. The van der Waals surface area contributed by atoms with Crippen molar-refractivity contribution in [3.63, 3.8) is 0 Å². The topological polar surface area (TPSA) is 151 Å². The Kier molecular flexibility index (Phi) is 6.69. The van der Waals surface area contributed by atoms with Crippen LogP contribution in [0.3, 0.4) is 0 Å². The number of aromatic nitrogens is 5. The predicted molar refractivity (Wildman–Crippen MR) is 111 cm³/mol. The van der Waals surface area contributed by atoms with E-state index >= 15 is 0 Å². The highest BCUT2D eigenvalue weighted by atomic mass is 32.2. The van der Waals surface area contributed by atoms with Gasteiger partial charge in [0.05, 0.1) is 25.2 Å². The van der Waals surface area contributed by atoms with Gasteiger partial charge in [-0.15, -0.1) is 16.8 Å². The molecule has 0 spiro atoms. The van der Waals surface area contributed by atoms with Crippen molar-refractivity contribution in [1.82, 2.24) is 24.3 Å². The van der Waals surface area contributed by atoms with E-state index in [9.17, 15) is 14.4 Å². The van der Waals surface area contributed by atoms with E-state index < -0.39 is 17.0 Å². The third-order valence-corrected chi connectivity index (χ3v) is 5.11. The Morgan fingerprint density at radius 2 is 2.20 bits per heavy atom. The monoisotopic (exact) mass is 432 g/mol. The summed E-state index contributed by atoms with van der Waals surface area (Å²) in [6.45, 7) is 4.41. The molecule has 0 aliphatic rings. The highest BCUT2D eigenvalue weighted by Crippen LogP contribution is 2.25. The maximum Gasteiger partial charge on any atom is 0.330 e. The van der Waals surface area contributed by atoms with Gasteiger partial charge in [0.2, 0.25) is 5.82 Å². The summed E-state index contributed by atoms with van der Waals surface area (Å²) in [4.78, 5) is 39.0. The lowest BCUT2D eigenvalue weighted by molar-refractivity contribution is 0.102. The first-order valence-electron chi connectivity index (χ1n) is 8.83. The van der Waals surface area contributed by atoms with Crippen molar-refractivity contribution in [1.29, 1.82) is 0 Å². The molecule has 0 aromatic carbocycles. The Morgan fingerprint density at radius 3 is 2.87 bits per heavy atom. The number of hydrogen-bond donors (Lipinski definition) is 2. The van der Waals surface area contributed by atoms with Crippen LogP contribution in [0.5, 0.6) is 0 Å². The standard InChI is InChI=1S/C18H20N6O5S/c1-3-6-24-15(12-5-4-8-29-12)21-22-18(24)30-10-11(25)13-14(19)23(7-9-28-2)17(27)20-16(13)26/h3-5,8H,1,6-7,9-10,19H2,2H3,(H,20,26,27). The van der Waals surface area contributed by atoms with Gasteiger partial charge in [0.15, 0.2) is 16.7 Å². The van der Waals surface area contributed by atoms with Crippen molar-refractivity contribution in [3.8, 4) is 11.6 Å². The molecule has 12 heteroatoms. The van der Waals surface area contributed by atoms with Gasteiger partial charge in [-0.2, -0.15) is 0 Å². The first-order valence-corrected chi connectivity index (χ1v) is 9.82. The third-order valence-electron chi connectivity index (χ3n) is 4.14. The minimum Gasteiger partial charge on any atom is -0.461 e. The number of ether oxygens (including phenoxy) is 1. The fourth-order valence-corrected chi connectivity index (χ4v) is 3.56. The minimum atomic E-state index is -0.833. The molecule has 30 heavy (non-hydrogen) atoms. The molecule has 158 valence electrons. The van der Waals surface area contributed by atoms with Gasteiger partial charge in [-0.25, -0.2) is 4.79 Å². The number of nitrogens with zero attached hydrogens (tertiary/aromatic N) is 4. The van der Waals surface area contributed by atoms with Gasteiger partial charge >= 0.3 is 5.69 Å². The molecule has 0 bridgehead atoms. The Labute approximate surface area is 174 Å². The van der Waals surface area contributed by atoms with E-state index in [1.807, 2.05) is 0 Å². The highest BCUT2D eigenvalue weighted by Gasteiger charge is 2.22. The molecular weight excluding hydrogens is 412 g/mol. The largest absolute Gasteiger partial charge is 0.461 e. The van der Waals surface area contributed by atoms with E-state index in [2.05, 4.69) is 21.8 Å². The van der Waals surface area contributed by atoms with Gasteiger partial charge in [0, 0.05) is 13.7 Å². The van der Waals surface area contributed by atoms with Gasteiger partial charge in [-0.1, -0.05) is 17.8 Å². The van der Waals surface area contributed by atoms with Crippen LogP contribution in [0.15, 0.2) is 50.2 Å². The molecule has 0 radical (unpaired) electrons. The third kappa shape index (κ3) is 4.28. The van der Waals surface area contributed by atoms with E-state index in [0.717, 1.165) is 16.3 Å². The first-order chi connectivity index (χ1) is 14.5. The zero-order valence-electron chi connectivity index (χ0n) is 16.2. The summed E-state index contributed by atoms with van der Waals surface area (Å²) in [6, 6.07) is 3.47. The predicted octanol–water partition coefficient (Wildman–Crippen LogP) is 0.778. The molecule has 3 rings (SSSR count). The second-order valence-corrected chi connectivity index (χ2v) is 7.00. The number of anilines is 1. The van der Waals surface area contributed by atoms with Crippen LogP contribution in [-0.2, 0) is 17.8 Å². The number of hydrogen-bond acceptors (Lipinski definition) is 9. The number of aromatic amines is 1. The lowest BCUT2D eigenvalue weighted by Gasteiger charge is -2.11. The van der Waals surface area contributed by atoms with E-state index in [1.165, 1.54) is 13.4 Å². The number of nitrogens with two attached hydrogens (primary N) is 1. The van der Waals surface area contributed by atoms with Gasteiger partial charge in [-0.3, -0.25) is 23.7 Å². The Bertz CT molecular complexity index is 1160. The molecule has 3 aromatic heterocycles. The molecule has 3 aromatic rings. The van der Waals surface area contributed by atoms with Crippen molar-refractivity contribution < 1.29 is 13.9 Å². The number of thioether (sulfide) groups is 1. The number of nitrogens with one attached hydrogen (secondary N) is 1. The van der Waals surface area contributed by atoms with Crippen LogP contribution >= 0.6 is 11.8 Å². The highest BCUT2D eigenvalue weighted by molar-refractivity contribution is 7.99. The number of carbonyl (C=O) groups is 1. The number of allylic oxidation sites excluding steroid dienone is 1. The van der Waals surface area contributed by atoms with Crippen LogP contribution in [0, 0.1) is 0 Å². The van der Waals surface area contributed by atoms with Crippen LogP contribution in [0.2, 0.25) is 0 Å². The van der Waals surface area contributed by atoms with Crippen molar-refractivity contribution in [2.75, 3.05) is 25.2 Å². The summed E-state index contributed by atoms with van der Waals surface area (Å²) >= 11 is 1.08. The molecule has 0 aliphatic heterocycles. The molecule has 0 unspecified atom stereocenters. The number of carbonyl (C=O) groups excluding carboxylic acids is 1. The molecule has 3 N–H and O–H groups in total. The van der Waals surface area contributed by atoms with Crippen molar-refractivity contribution >= 4 is 23.4 Å².